The second-order valence-electron chi connectivity index (χ2n) is 4.15. The van der Waals surface area contributed by atoms with E-state index < -0.39 is 0 Å². The summed E-state index contributed by atoms with van der Waals surface area (Å²) in [4.78, 5) is 0. The molecule has 2 aromatic carbocycles. The topological polar surface area (TPSA) is 26.0 Å². The van der Waals surface area contributed by atoms with Crippen LogP contribution in [-0.4, -0.2) is 0 Å². The lowest BCUT2D eigenvalue weighted by molar-refractivity contribution is 0.722. The van der Waals surface area contributed by atoms with Crippen LogP contribution in [0.2, 0.25) is 20.1 Å². The molecule has 100 valence electrons. The zero-order valence-electron chi connectivity index (χ0n) is 9.84. The van der Waals surface area contributed by atoms with E-state index in [1.54, 1.807) is 24.3 Å². The van der Waals surface area contributed by atoms with Gasteiger partial charge in [0.05, 0.1) is 10.0 Å². The van der Waals surface area contributed by atoms with Crippen LogP contribution in [0.4, 0.5) is 0 Å². The predicted molar refractivity (Wildman–Crippen MR) is 83.6 cm³/mol. The van der Waals surface area contributed by atoms with Gasteiger partial charge in [0.15, 0.2) is 0 Å². The van der Waals surface area contributed by atoms with E-state index in [4.69, 9.17) is 52.1 Å². The molecule has 0 bridgehead atoms. The predicted octanol–water partition coefficient (Wildman–Crippen LogP) is 5.54. The Kier molecular flexibility index (Phi) is 4.99. The third-order valence-electron chi connectivity index (χ3n) is 2.87. The SMILES string of the molecule is NC(Cc1c(Cl)cccc1Cl)c1cccc(Cl)c1Cl. The summed E-state index contributed by atoms with van der Waals surface area (Å²) in [6, 6.07) is 10.4. The fourth-order valence-corrected chi connectivity index (χ4v) is 2.86. The van der Waals surface area contributed by atoms with Crippen LogP contribution >= 0.6 is 46.4 Å². The molecule has 1 nitrogen and oxygen atoms in total. The van der Waals surface area contributed by atoms with Crippen molar-refractivity contribution >= 4 is 46.4 Å². The molecule has 0 fully saturated rings. The highest BCUT2D eigenvalue weighted by Gasteiger charge is 2.16. The molecule has 0 saturated carbocycles. The van der Waals surface area contributed by atoms with Crippen molar-refractivity contribution in [3.63, 3.8) is 0 Å². The highest BCUT2D eigenvalue weighted by atomic mass is 35.5. The summed E-state index contributed by atoms with van der Waals surface area (Å²) in [5, 5.41) is 2.15. The first kappa shape index (κ1) is 15.0. The van der Waals surface area contributed by atoms with E-state index in [1.807, 2.05) is 12.1 Å². The van der Waals surface area contributed by atoms with Crippen LogP contribution in [-0.2, 0) is 6.42 Å². The molecular weight excluding hydrogens is 324 g/mol. The van der Waals surface area contributed by atoms with Crippen LogP contribution < -0.4 is 5.73 Å². The molecule has 2 rings (SSSR count). The van der Waals surface area contributed by atoms with Gasteiger partial charge in [0.25, 0.3) is 0 Å². The molecule has 2 N–H and O–H groups in total. The summed E-state index contributed by atoms with van der Waals surface area (Å²) < 4.78 is 0. The minimum absolute atomic E-state index is 0.316. The lowest BCUT2D eigenvalue weighted by atomic mass is 9.99. The van der Waals surface area contributed by atoms with Gasteiger partial charge >= 0.3 is 0 Å². The van der Waals surface area contributed by atoms with Crippen molar-refractivity contribution in [3.8, 4) is 0 Å². The lowest BCUT2D eigenvalue weighted by Crippen LogP contribution is -2.14. The summed E-state index contributed by atoms with van der Waals surface area (Å²) >= 11 is 24.4. The van der Waals surface area contributed by atoms with Gasteiger partial charge in [-0.2, -0.15) is 0 Å². The lowest BCUT2D eigenvalue weighted by Gasteiger charge is -2.16. The van der Waals surface area contributed by atoms with Gasteiger partial charge in [-0.05, 0) is 35.7 Å². The summed E-state index contributed by atoms with van der Waals surface area (Å²) in [7, 11) is 0. The van der Waals surface area contributed by atoms with E-state index in [0.29, 0.717) is 26.5 Å². The summed E-state index contributed by atoms with van der Waals surface area (Å²) in [6.45, 7) is 0. The van der Waals surface area contributed by atoms with Gasteiger partial charge in [-0.15, -0.1) is 0 Å². The third kappa shape index (κ3) is 3.36. The standard InChI is InChI=1S/C14H11Cl4N/c15-10-4-2-5-11(16)9(10)7-13(19)8-3-1-6-12(17)14(8)18/h1-6,13H,7,19H2. The van der Waals surface area contributed by atoms with E-state index in [2.05, 4.69) is 0 Å². The smallest absolute Gasteiger partial charge is 0.0640 e. The van der Waals surface area contributed by atoms with E-state index in [-0.39, 0.29) is 6.04 Å². The summed E-state index contributed by atoms with van der Waals surface area (Å²) in [5.74, 6) is 0. The third-order valence-corrected chi connectivity index (χ3v) is 4.41. The molecule has 1 atom stereocenters. The zero-order chi connectivity index (χ0) is 14.0. The Balaban J connectivity index is 2.31. The Hall–Kier alpha value is -0.440. The molecule has 19 heavy (non-hydrogen) atoms. The van der Waals surface area contributed by atoms with Crippen LogP contribution in [0.3, 0.4) is 0 Å². The molecule has 1 unspecified atom stereocenters. The van der Waals surface area contributed by atoms with E-state index in [9.17, 15) is 0 Å². The minimum atomic E-state index is -0.316. The average molecular weight is 335 g/mol. The molecule has 5 heteroatoms. The molecule has 2 aromatic rings. The first-order chi connectivity index (χ1) is 9.00. The van der Waals surface area contributed by atoms with Crippen molar-refractivity contribution in [1.82, 2.24) is 0 Å². The highest BCUT2D eigenvalue weighted by molar-refractivity contribution is 6.42. The molecule has 0 aliphatic heterocycles. The number of nitrogens with two attached hydrogens (primary N) is 1. The van der Waals surface area contributed by atoms with E-state index in [1.165, 1.54) is 0 Å². The fraction of sp³-hybridized carbons (Fsp3) is 0.143. The van der Waals surface area contributed by atoms with Crippen molar-refractivity contribution < 1.29 is 0 Å². The number of halogens is 4. The van der Waals surface area contributed by atoms with Crippen LogP contribution in [0.1, 0.15) is 17.2 Å². The molecule has 0 radical (unpaired) electrons. The second kappa shape index (κ2) is 6.34. The Morgan fingerprint density at radius 2 is 1.37 bits per heavy atom. The van der Waals surface area contributed by atoms with Gasteiger partial charge in [0, 0.05) is 16.1 Å². The Morgan fingerprint density at radius 3 is 2.00 bits per heavy atom. The quantitative estimate of drug-likeness (QED) is 0.783. The molecule has 0 aliphatic carbocycles. The number of hydrogen-bond donors (Lipinski definition) is 1. The highest BCUT2D eigenvalue weighted by Crippen LogP contribution is 2.33. The first-order valence-electron chi connectivity index (χ1n) is 5.63. The van der Waals surface area contributed by atoms with Crippen molar-refractivity contribution in [3.05, 3.63) is 67.6 Å². The normalized spacial score (nSPS) is 12.5. The van der Waals surface area contributed by atoms with Crippen LogP contribution in [0, 0.1) is 0 Å². The molecule has 0 aromatic heterocycles. The second-order valence-corrected chi connectivity index (χ2v) is 5.75. The summed E-state index contributed by atoms with van der Waals surface area (Å²) in [5.41, 5.74) is 7.77. The maximum Gasteiger partial charge on any atom is 0.0640 e. The van der Waals surface area contributed by atoms with E-state index in [0.717, 1.165) is 11.1 Å². The van der Waals surface area contributed by atoms with Crippen molar-refractivity contribution in [2.45, 2.75) is 12.5 Å². The largest absolute Gasteiger partial charge is 0.324 e. The van der Waals surface area contributed by atoms with E-state index >= 15 is 0 Å². The fourth-order valence-electron chi connectivity index (χ4n) is 1.86. The zero-order valence-corrected chi connectivity index (χ0v) is 12.9. The van der Waals surface area contributed by atoms with Crippen LogP contribution in [0.15, 0.2) is 36.4 Å². The first-order valence-corrected chi connectivity index (χ1v) is 7.14. The molecule has 0 aliphatic rings. The molecule has 0 amide bonds. The van der Waals surface area contributed by atoms with Gasteiger partial charge in [0.2, 0.25) is 0 Å². The van der Waals surface area contributed by atoms with Crippen LogP contribution in [0.5, 0.6) is 0 Å². The van der Waals surface area contributed by atoms with Crippen molar-refractivity contribution in [2.24, 2.45) is 5.73 Å². The Morgan fingerprint density at radius 1 is 0.842 bits per heavy atom. The molecule has 0 spiro atoms. The van der Waals surface area contributed by atoms with Gasteiger partial charge < -0.3 is 5.73 Å². The minimum Gasteiger partial charge on any atom is -0.324 e. The molecular formula is C14H11Cl4N. The molecule has 0 saturated heterocycles. The number of rotatable bonds is 3. The maximum absolute atomic E-state index is 6.17. The monoisotopic (exact) mass is 333 g/mol. The summed E-state index contributed by atoms with van der Waals surface area (Å²) in [6.07, 6.45) is 0.499. The van der Waals surface area contributed by atoms with Crippen molar-refractivity contribution in [1.29, 1.82) is 0 Å². The average Bonchev–Trinajstić information content (AvgIpc) is 2.37. The Labute approximate surface area is 132 Å². The van der Waals surface area contributed by atoms with Gasteiger partial charge in [-0.3, -0.25) is 0 Å². The molecule has 0 heterocycles. The number of benzene rings is 2. The number of hydrogen-bond acceptors (Lipinski definition) is 1. The van der Waals surface area contributed by atoms with Gasteiger partial charge in [-0.25, -0.2) is 0 Å². The van der Waals surface area contributed by atoms with Gasteiger partial charge in [0.1, 0.15) is 0 Å². The van der Waals surface area contributed by atoms with Crippen molar-refractivity contribution in [2.75, 3.05) is 0 Å². The maximum atomic E-state index is 6.17. The Bertz CT molecular complexity index is 578. The van der Waals surface area contributed by atoms with Crippen LogP contribution in [0.25, 0.3) is 0 Å². The van der Waals surface area contributed by atoms with Gasteiger partial charge in [-0.1, -0.05) is 64.6 Å².